The molecule has 2 aromatic carbocycles. The quantitative estimate of drug-likeness (QED) is 0.441. The molecular formula is C22H19BrN4O2S. The molecule has 0 bridgehead atoms. The molecule has 0 aliphatic heterocycles. The largest absolute Gasteiger partial charge is 0.335 e. The van der Waals surface area contributed by atoms with E-state index in [-0.39, 0.29) is 24.4 Å². The monoisotopic (exact) mass is 482 g/mol. The van der Waals surface area contributed by atoms with Gasteiger partial charge in [-0.3, -0.25) is 9.59 Å². The summed E-state index contributed by atoms with van der Waals surface area (Å²) >= 11 is 4.99. The van der Waals surface area contributed by atoms with E-state index < -0.39 is 0 Å². The molecule has 6 nitrogen and oxygen atoms in total. The summed E-state index contributed by atoms with van der Waals surface area (Å²) in [5.74, 6) is 0.418. The maximum atomic E-state index is 12.9. The zero-order valence-electron chi connectivity index (χ0n) is 16.3. The van der Waals surface area contributed by atoms with Crippen molar-refractivity contribution in [2.24, 2.45) is 0 Å². The Morgan fingerprint density at radius 1 is 1.17 bits per heavy atom. The van der Waals surface area contributed by atoms with Gasteiger partial charge in [0, 0.05) is 22.0 Å². The Morgan fingerprint density at radius 3 is 2.80 bits per heavy atom. The third-order valence-corrected chi connectivity index (χ3v) is 6.13. The van der Waals surface area contributed by atoms with Crippen LogP contribution in [0.1, 0.15) is 18.4 Å². The lowest BCUT2D eigenvalue weighted by Gasteiger charge is -2.20. The highest BCUT2D eigenvalue weighted by Crippen LogP contribution is 2.26. The summed E-state index contributed by atoms with van der Waals surface area (Å²) in [7, 11) is 0. The predicted molar refractivity (Wildman–Crippen MR) is 122 cm³/mol. The number of amides is 1. The molecular weight excluding hydrogens is 464 g/mol. The number of benzene rings is 2. The first-order valence-corrected chi connectivity index (χ1v) is 11.2. The van der Waals surface area contributed by atoms with E-state index in [1.807, 2.05) is 42.6 Å². The van der Waals surface area contributed by atoms with E-state index in [1.165, 1.54) is 11.3 Å². The molecule has 1 N–H and O–H groups in total. The van der Waals surface area contributed by atoms with E-state index in [2.05, 4.69) is 30.9 Å². The molecule has 1 amide bonds. The molecule has 2 aromatic heterocycles. The first-order valence-electron chi connectivity index (χ1n) is 9.49. The number of likely N-dealkylation sites (N-methyl/N-ethyl adjacent to an activating group) is 1. The summed E-state index contributed by atoms with van der Waals surface area (Å²) in [5, 5.41) is 3.33. The van der Waals surface area contributed by atoms with Gasteiger partial charge in [-0.15, -0.1) is 11.3 Å². The number of aromatic nitrogens is 3. The fourth-order valence-electron chi connectivity index (χ4n) is 3.18. The first-order chi connectivity index (χ1) is 14.5. The Hall–Kier alpha value is -2.84. The molecule has 152 valence electrons. The molecule has 0 atom stereocenters. The number of hydrogen-bond donors (Lipinski definition) is 1. The van der Waals surface area contributed by atoms with Crippen molar-refractivity contribution in [3.05, 3.63) is 80.3 Å². The third kappa shape index (κ3) is 4.49. The molecule has 4 rings (SSSR count). The van der Waals surface area contributed by atoms with Crippen LogP contribution in [0.4, 0.5) is 0 Å². The Balaban J connectivity index is 1.49. The van der Waals surface area contributed by atoms with Gasteiger partial charge in [-0.1, -0.05) is 40.2 Å². The van der Waals surface area contributed by atoms with Gasteiger partial charge in [-0.25, -0.2) is 9.97 Å². The summed E-state index contributed by atoms with van der Waals surface area (Å²) < 4.78 is 0.988. The third-order valence-electron chi connectivity index (χ3n) is 4.69. The molecule has 2 heterocycles. The van der Waals surface area contributed by atoms with E-state index in [0.717, 1.165) is 20.7 Å². The number of nitrogens with one attached hydrogen (secondary N) is 1. The lowest BCUT2D eigenvalue weighted by atomic mass is 10.2. The van der Waals surface area contributed by atoms with Gasteiger partial charge in [0.05, 0.1) is 29.6 Å². The summed E-state index contributed by atoms with van der Waals surface area (Å²) in [5.41, 5.74) is 2.17. The van der Waals surface area contributed by atoms with Crippen molar-refractivity contribution in [1.82, 2.24) is 19.9 Å². The average Bonchev–Trinajstić information content (AvgIpc) is 3.20. The summed E-state index contributed by atoms with van der Waals surface area (Å²) in [6, 6.07) is 15.1. The number of para-hydroxylation sites is 1. The van der Waals surface area contributed by atoms with Crippen LogP contribution < -0.4 is 5.56 Å². The number of fused-ring (bicyclic) bond motifs is 1. The fourth-order valence-corrected chi connectivity index (χ4v) is 4.39. The van der Waals surface area contributed by atoms with Gasteiger partial charge in [-0.2, -0.15) is 0 Å². The van der Waals surface area contributed by atoms with Crippen LogP contribution >= 0.6 is 27.3 Å². The van der Waals surface area contributed by atoms with Gasteiger partial charge in [0.1, 0.15) is 10.8 Å². The minimum atomic E-state index is -0.197. The van der Waals surface area contributed by atoms with Crippen LogP contribution in [0, 0.1) is 0 Å². The topological polar surface area (TPSA) is 79.0 Å². The van der Waals surface area contributed by atoms with Gasteiger partial charge < -0.3 is 9.88 Å². The second kappa shape index (κ2) is 8.89. The minimum absolute atomic E-state index is 0.0561. The van der Waals surface area contributed by atoms with E-state index in [1.54, 1.807) is 23.1 Å². The fraction of sp³-hybridized carbons (Fsp3) is 0.182. The lowest BCUT2D eigenvalue weighted by molar-refractivity contribution is -0.131. The number of hydrogen-bond acceptors (Lipinski definition) is 5. The second-order valence-corrected chi connectivity index (χ2v) is 8.54. The van der Waals surface area contributed by atoms with Crippen molar-refractivity contribution < 1.29 is 4.79 Å². The minimum Gasteiger partial charge on any atom is -0.335 e. The zero-order valence-corrected chi connectivity index (χ0v) is 18.7. The van der Waals surface area contributed by atoms with Gasteiger partial charge >= 0.3 is 0 Å². The molecule has 0 spiro atoms. The normalized spacial score (nSPS) is 11.0. The molecule has 0 aliphatic rings. The number of thiazole rings is 1. The van der Waals surface area contributed by atoms with E-state index in [0.29, 0.717) is 23.3 Å². The highest BCUT2D eigenvalue weighted by Gasteiger charge is 2.17. The van der Waals surface area contributed by atoms with Crippen LogP contribution in [-0.2, 0) is 17.8 Å². The predicted octanol–water partition coefficient (Wildman–Crippen LogP) is 4.40. The number of halogens is 1. The smallest absolute Gasteiger partial charge is 0.258 e. The van der Waals surface area contributed by atoms with Crippen LogP contribution in [0.25, 0.3) is 21.5 Å². The Morgan fingerprint density at radius 2 is 2.00 bits per heavy atom. The maximum absolute atomic E-state index is 12.9. The van der Waals surface area contributed by atoms with Crippen LogP contribution in [-0.4, -0.2) is 32.3 Å². The van der Waals surface area contributed by atoms with E-state index in [9.17, 15) is 9.59 Å². The van der Waals surface area contributed by atoms with Crippen LogP contribution in [0.3, 0.4) is 0 Å². The molecule has 4 aromatic rings. The van der Waals surface area contributed by atoms with Gasteiger partial charge in [0.2, 0.25) is 5.91 Å². The standard InChI is InChI=1S/C22H19BrN4O2S/c1-2-27(12-19-25-18-9-4-3-8-17(18)21(29)26-19)20(28)11-16-13-30-22(24-16)14-6-5-7-15(23)10-14/h3-10,13H,2,11-12H2,1H3,(H,25,26,29). The Bertz CT molecular complexity index is 1270. The van der Waals surface area contributed by atoms with Crippen molar-refractivity contribution in [1.29, 1.82) is 0 Å². The molecule has 0 fully saturated rings. The molecule has 0 radical (unpaired) electrons. The van der Waals surface area contributed by atoms with Crippen molar-refractivity contribution in [2.75, 3.05) is 6.54 Å². The second-order valence-electron chi connectivity index (χ2n) is 6.77. The average molecular weight is 483 g/mol. The van der Waals surface area contributed by atoms with Crippen LogP contribution in [0.5, 0.6) is 0 Å². The molecule has 30 heavy (non-hydrogen) atoms. The Kier molecular flexibility index (Phi) is 6.06. The molecule has 0 saturated carbocycles. The molecule has 0 unspecified atom stereocenters. The van der Waals surface area contributed by atoms with Crippen molar-refractivity contribution >= 4 is 44.1 Å². The molecule has 0 aliphatic carbocycles. The lowest BCUT2D eigenvalue weighted by Crippen LogP contribution is -2.33. The van der Waals surface area contributed by atoms with E-state index >= 15 is 0 Å². The number of carbonyl (C=O) groups excluding carboxylic acids is 1. The summed E-state index contributed by atoms with van der Waals surface area (Å²) in [6.45, 7) is 2.67. The van der Waals surface area contributed by atoms with Gasteiger partial charge in [0.15, 0.2) is 0 Å². The molecule has 0 saturated heterocycles. The number of H-pyrrole nitrogens is 1. The SMILES string of the molecule is CCN(Cc1nc2ccccc2c(=O)[nH]1)C(=O)Cc1csc(-c2cccc(Br)c2)n1. The van der Waals surface area contributed by atoms with Crippen molar-refractivity contribution in [3.8, 4) is 10.6 Å². The number of aromatic amines is 1. The van der Waals surface area contributed by atoms with Crippen LogP contribution in [0.2, 0.25) is 0 Å². The highest BCUT2D eigenvalue weighted by atomic mass is 79.9. The van der Waals surface area contributed by atoms with Crippen LogP contribution in [0.15, 0.2) is 63.2 Å². The Labute approximate surface area is 185 Å². The molecule has 8 heteroatoms. The maximum Gasteiger partial charge on any atom is 0.258 e. The van der Waals surface area contributed by atoms with Gasteiger partial charge in [-0.05, 0) is 31.2 Å². The number of rotatable bonds is 6. The first kappa shape index (κ1) is 20.4. The number of carbonyl (C=O) groups is 1. The highest BCUT2D eigenvalue weighted by molar-refractivity contribution is 9.10. The van der Waals surface area contributed by atoms with E-state index in [4.69, 9.17) is 0 Å². The summed E-state index contributed by atoms with van der Waals surface area (Å²) in [4.78, 5) is 38.7. The van der Waals surface area contributed by atoms with Gasteiger partial charge in [0.25, 0.3) is 5.56 Å². The summed E-state index contributed by atoms with van der Waals surface area (Å²) in [6.07, 6.45) is 0.205. The van der Waals surface area contributed by atoms with Crippen molar-refractivity contribution in [2.45, 2.75) is 19.9 Å². The van der Waals surface area contributed by atoms with Crippen molar-refractivity contribution in [3.63, 3.8) is 0 Å². The zero-order chi connectivity index (χ0) is 21.1. The number of nitrogens with zero attached hydrogens (tertiary/aromatic N) is 3.